The molecule has 0 aliphatic carbocycles. The van der Waals surface area contributed by atoms with Gasteiger partial charge in [-0.05, 0) is 36.4 Å². The zero-order valence-corrected chi connectivity index (χ0v) is 13.4. The quantitative estimate of drug-likeness (QED) is 0.793. The zero-order chi connectivity index (χ0) is 17.5. The van der Waals surface area contributed by atoms with Gasteiger partial charge in [0.1, 0.15) is 18.1 Å². The van der Waals surface area contributed by atoms with Crippen LogP contribution < -0.4 is 20.5 Å². The summed E-state index contributed by atoms with van der Waals surface area (Å²) in [6.45, 7) is 0.0205. The lowest BCUT2D eigenvalue weighted by Gasteiger charge is -2.11. The fraction of sp³-hybridized carbons (Fsp3) is 0.176. The number of rotatable bonds is 6. The first-order valence-electron chi connectivity index (χ1n) is 7.08. The highest BCUT2D eigenvalue weighted by molar-refractivity contribution is 5.93. The molecule has 0 spiro atoms. The van der Waals surface area contributed by atoms with Gasteiger partial charge in [0, 0.05) is 11.3 Å². The van der Waals surface area contributed by atoms with E-state index in [9.17, 15) is 9.59 Å². The van der Waals surface area contributed by atoms with Crippen LogP contribution in [0.3, 0.4) is 0 Å². The number of primary amides is 1. The summed E-state index contributed by atoms with van der Waals surface area (Å²) in [6.07, 6.45) is 0. The number of esters is 1. The molecule has 0 radical (unpaired) electrons. The van der Waals surface area contributed by atoms with Gasteiger partial charge in [-0.1, -0.05) is 6.07 Å². The summed E-state index contributed by atoms with van der Waals surface area (Å²) in [7, 11) is 3.08. The smallest absolute Gasteiger partial charge is 0.338 e. The van der Waals surface area contributed by atoms with Gasteiger partial charge in [0.15, 0.2) is 0 Å². The molecule has 0 aromatic heterocycles. The minimum absolute atomic E-state index is 0.0205. The molecule has 2 amide bonds. The third-order valence-corrected chi connectivity index (χ3v) is 3.21. The minimum atomic E-state index is -0.707. The van der Waals surface area contributed by atoms with E-state index in [1.54, 1.807) is 43.5 Å². The SMILES string of the molecule is COc1ccc(OC)c(COC(=O)c2cccc(NC(N)=O)c2)c1. The summed E-state index contributed by atoms with van der Waals surface area (Å²) in [5, 5.41) is 2.40. The maximum Gasteiger partial charge on any atom is 0.338 e. The second kappa shape index (κ2) is 7.87. The van der Waals surface area contributed by atoms with E-state index in [0.29, 0.717) is 28.3 Å². The number of hydrogen-bond donors (Lipinski definition) is 2. The number of carbonyl (C=O) groups excluding carboxylic acids is 2. The number of anilines is 1. The Morgan fingerprint density at radius 1 is 1.08 bits per heavy atom. The second-order valence-corrected chi connectivity index (χ2v) is 4.82. The summed E-state index contributed by atoms with van der Waals surface area (Å²) in [5.41, 5.74) is 6.44. The van der Waals surface area contributed by atoms with Crippen LogP contribution in [-0.4, -0.2) is 26.2 Å². The molecule has 2 rings (SSSR count). The number of benzene rings is 2. The highest BCUT2D eigenvalue weighted by Gasteiger charge is 2.11. The van der Waals surface area contributed by atoms with Gasteiger partial charge in [-0.2, -0.15) is 0 Å². The molecule has 7 nitrogen and oxygen atoms in total. The molecule has 3 N–H and O–H groups in total. The van der Waals surface area contributed by atoms with Crippen LogP contribution in [0.1, 0.15) is 15.9 Å². The highest BCUT2D eigenvalue weighted by atomic mass is 16.5. The summed E-state index contributed by atoms with van der Waals surface area (Å²) >= 11 is 0. The van der Waals surface area contributed by atoms with E-state index in [0.717, 1.165) is 0 Å². The number of urea groups is 1. The summed E-state index contributed by atoms with van der Waals surface area (Å²) in [5.74, 6) is 0.690. The molecule has 0 aliphatic heterocycles. The van der Waals surface area contributed by atoms with Gasteiger partial charge in [-0.3, -0.25) is 0 Å². The molecule has 0 saturated heterocycles. The van der Waals surface area contributed by atoms with Crippen LogP contribution in [0.4, 0.5) is 10.5 Å². The van der Waals surface area contributed by atoms with Gasteiger partial charge in [0.25, 0.3) is 0 Å². The van der Waals surface area contributed by atoms with Gasteiger partial charge < -0.3 is 25.3 Å². The normalized spacial score (nSPS) is 9.92. The molecular formula is C17H18N2O5. The van der Waals surface area contributed by atoms with Crippen LogP contribution >= 0.6 is 0 Å². The van der Waals surface area contributed by atoms with Crippen LogP contribution in [0.2, 0.25) is 0 Å². The van der Waals surface area contributed by atoms with Crippen LogP contribution in [0.25, 0.3) is 0 Å². The van der Waals surface area contributed by atoms with E-state index in [1.807, 2.05) is 0 Å². The number of amides is 2. The average molecular weight is 330 g/mol. The Labute approximate surface area is 139 Å². The van der Waals surface area contributed by atoms with Crippen molar-refractivity contribution in [3.05, 3.63) is 53.6 Å². The van der Waals surface area contributed by atoms with Crippen LogP contribution in [0.5, 0.6) is 11.5 Å². The molecule has 7 heteroatoms. The number of nitrogens with one attached hydrogen (secondary N) is 1. The maximum absolute atomic E-state index is 12.2. The first kappa shape index (κ1) is 17.1. The molecule has 126 valence electrons. The summed E-state index contributed by atoms with van der Waals surface area (Å²) in [6, 6.07) is 10.8. The molecule has 0 heterocycles. The van der Waals surface area contributed by atoms with E-state index < -0.39 is 12.0 Å². The summed E-state index contributed by atoms with van der Waals surface area (Å²) < 4.78 is 15.7. The van der Waals surface area contributed by atoms with Crippen molar-refractivity contribution in [3.8, 4) is 11.5 Å². The maximum atomic E-state index is 12.2. The summed E-state index contributed by atoms with van der Waals surface area (Å²) in [4.78, 5) is 23.0. The predicted octanol–water partition coefficient (Wildman–Crippen LogP) is 2.55. The Morgan fingerprint density at radius 3 is 2.54 bits per heavy atom. The van der Waals surface area contributed by atoms with Crippen molar-refractivity contribution >= 4 is 17.7 Å². The number of carbonyl (C=O) groups is 2. The predicted molar refractivity (Wildman–Crippen MR) is 88.3 cm³/mol. The van der Waals surface area contributed by atoms with Crippen molar-refractivity contribution in [1.82, 2.24) is 0 Å². The fourth-order valence-corrected chi connectivity index (χ4v) is 2.09. The lowest BCUT2D eigenvalue weighted by atomic mass is 10.2. The molecule has 24 heavy (non-hydrogen) atoms. The number of nitrogens with two attached hydrogens (primary N) is 1. The lowest BCUT2D eigenvalue weighted by Crippen LogP contribution is -2.19. The van der Waals surface area contributed by atoms with Crippen LogP contribution in [-0.2, 0) is 11.3 Å². The standard InChI is InChI=1S/C17H18N2O5/c1-22-14-6-7-15(23-2)12(9-14)10-24-16(20)11-4-3-5-13(8-11)19-17(18)21/h3-9H,10H2,1-2H3,(H3,18,19,21). The van der Waals surface area contributed by atoms with E-state index in [2.05, 4.69) is 5.32 Å². The Bertz CT molecular complexity index is 746. The molecule has 0 bridgehead atoms. The van der Waals surface area contributed by atoms with Crippen molar-refractivity contribution < 1.29 is 23.8 Å². The van der Waals surface area contributed by atoms with Crippen LogP contribution in [0.15, 0.2) is 42.5 Å². The zero-order valence-electron chi connectivity index (χ0n) is 13.4. The van der Waals surface area contributed by atoms with Crippen LogP contribution in [0, 0.1) is 0 Å². The van der Waals surface area contributed by atoms with E-state index in [4.69, 9.17) is 19.9 Å². The van der Waals surface area contributed by atoms with E-state index in [-0.39, 0.29) is 6.61 Å². The first-order chi connectivity index (χ1) is 11.5. The van der Waals surface area contributed by atoms with Gasteiger partial charge >= 0.3 is 12.0 Å². The van der Waals surface area contributed by atoms with Crippen molar-refractivity contribution in [2.24, 2.45) is 5.73 Å². The molecule has 2 aromatic carbocycles. The molecule has 2 aromatic rings. The van der Waals surface area contributed by atoms with Gasteiger partial charge in [0.05, 0.1) is 19.8 Å². The number of methoxy groups -OCH3 is 2. The number of ether oxygens (including phenoxy) is 3. The molecule has 0 atom stereocenters. The lowest BCUT2D eigenvalue weighted by molar-refractivity contribution is 0.0470. The Balaban J connectivity index is 2.09. The Kier molecular flexibility index (Phi) is 5.62. The molecule has 0 unspecified atom stereocenters. The fourth-order valence-electron chi connectivity index (χ4n) is 2.09. The highest BCUT2D eigenvalue weighted by Crippen LogP contribution is 2.25. The molecule has 0 aliphatic rings. The second-order valence-electron chi connectivity index (χ2n) is 4.82. The van der Waals surface area contributed by atoms with Crippen molar-refractivity contribution in [1.29, 1.82) is 0 Å². The Hall–Kier alpha value is -3.22. The van der Waals surface area contributed by atoms with Gasteiger partial charge in [-0.15, -0.1) is 0 Å². The molecule has 0 saturated carbocycles. The van der Waals surface area contributed by atoms with Crippen molar-refractivity contribution in [2.45, 2.75) is 6.61 Å². The topological polar surface area (TPSA) is 99.9 Å². The minimum Gasteiger partial charge on any atom is -0.497 e. The van der Waals surface area contributed by atoms with E-state index in [1.165, 1.54) is 13.2 Å². The van der Waals surface area contributed by atoms with Gasteiger partial charge in [0.2, 0.25) is 0 Å². The van der Waals surface area contributed by atoms with Crippen molar-refractivity contribution in [3.63, 3.8) is 0 Å². The largest absolute Gasteiger partial charge is 0.497 e. The monoisotopic (exact) mass is 330 g/mol. The molecular weight excluding hydrogens is 312 g/mol. The Morgan fingerprint density at radius 2 is 1.88 bits per heavy atom. The van der Waals surface area contributed by atoms with E-state index >= 15 is 0 Å². The third kappa shape index (κ3) is 4.39. The average Bonchev–Trinajstić information content (AvgIpc) is 2.59. The number of hydrogen-bond acceptors (Lipinski definition) is 5. The third-order valence-electron chi connectivity index (χ3n) is 3.21. The van der Waals surface area contributed by atoms with Crippen molar-refractivity contribution in [2.75, 3.05) is 19.5 Å². The van der Waals surface area contributed by atoms with Gasteiger partial charge in [-0.25, -0.2) is 9.59 Å². The first-order valence-corrected chi connectivity index (χ1v) is 7.08. The molecule has 0 fully saturated rings.